The van der Waals surface area contributed by atoms with Gasteiger partial charge < -0.3 is 55.6 Å². The summed E-state index contributed by atoms with van der Waals surface area (Å²) in [5.41, 5.74) is 2.86. The maximum atomic E-state index is 13.8. The van der Waals surface area contributed by atoms with Gasteiger partial charge in [-0.05, 0) is 194 Å². The van der Waals surface area contributed by atoms with Crippen molar-refractivity contribution in [3.8, 4) is 46.6 Å². The first-order valence-electron chi connectivity index (χ1n) is 40.3. The van der Waals surface area contributed by atoms with Crippen molar-refractivity contribution >= 4 is 115 Å². The summed E-state index contributed by atoms with van der Waals surface area (Å²) < 4.78 is 190. The van der Waals surface area contributed by atoms with Crippen molar-refractivity contribution in [3.63, 3.8) is 0 Å². The van der Waals surface area contributed by atoms with Crippen LogP contribution in [0.5, 0.6) is 46.6 Å². The number of nitrogens with one attached hydrogen (secondary N) is 6. The molecule has 9 aromatic carbocycles. The molecule has 48 heteroatoms. The Labute approximate surface area is 773 Å². The van der Waals surface area contributed by atoms with Crippen molar-refractivity contribution < 1.29 is 76.4 Å². The predicted octanol–water partition coefficient (Wildman–Crippen LogP) is 20.8. The first kappa shape index (κ1) is 92.8. The highest BCUT2D eigenvalue weighted by Gasteiger charge is 2.35. The summed E-state index contributed by atoms with van der Waals surface area (Å²) in [6.07, 6.45) is -11.3. The van der Waals surface area contributed by atoms with Gasteiger partial charge >= 0.3 is 18.5 Å². The molecule has 12 aromatic heterocycles. The molecule has 0 saturated carbocycles. The number of anilines is 12. The second-order valence-corrected chi connectivity index (χ2v) is 28.9. The number of nitrogens with zero attached hydrogens (tertiary/aromatic N) is 24. The number of alkyl halides is 9. The van der Waals surface area contributed by atoms with Gasteiger partial charge in [-0.15, -0.1) is 98.4 Å². The molecule has 21 rings (SSSR count). The van der Waals surface area contributed by atoms with Gasteiger partial charge in [0.2, 0.25) is 35.3 Å². The largest absolute Gasteiger partial charge is 0.480 e. The Hall–Kier alpha value is -18.4. The van der Waals surface area contributed by atoms with Crippen LogP contribution < -0.4 is 55.6 Å². The molecule has 0 unspecified atom stereocenters. The highest BCUT2D eigenvalue weighted by molar-refractivity contribution is 7.98. The van der Waals surface area contributed by atoms with Crippen molar-refractivity contribution in [2.45, 2.75) is 23.6 Å². The molecular formula is C90H66F12N30O5S. The molecule has 696 valence electrons. The van der Waals surface area contributed by atoms with Crippen LogP contribution in [0.25, 0.3) is 33.9 Å². The van der Waals surface area contributed by atoms with Crippen LogP contribution >= 0.6 is 11.8 Å². The molecule has 35 nitrogen and oxygen atoms in total. The SMILES string of the molecule is COc1ccc2nnc(Nc3cccc(C(F)(F)F)c3)n2n1.COc1ccc2nnc(Nc3ccccc3C(F)(F)F)n2n1.CSc1ccc2nnc(Nc3ccc(C(F)(F)F)cc3)n2n1.Fc1ccc(Nc2nnc3ccc(Oc4ccccc4)nn23)cc1.Fc1cccc(Nc2nnc3ccc(Oc4ccccc4)nn23)c1.Fc1ccccc1Nc1nnc2ccc(Oc3ccccc3)nn12. The molecule has 0 fully saturated rings. The van der Waals surface area contributed by atoms with Crippen LogP contribution in [0.1, 0.15) is 16.7 Å². The van der Waals surface area contributed by atoms with Gasteiger partial charge in [0, 0.05) is 53.1 Å². The van der Waals surface area contributed by atoms with E-state index in [1.165, 1.54) is 126 Å². The average molecular weight is 1910 g/mol. The number of ether oxygens (including phenoxy) is 5. The quantitative estimate of drug-likeness (QED) is 0.0287. The van der Waals surface area contributed by atoms with Crippen LogP contribution in [0.3, 0.4) is 0 Å². The number of para-hydroxylation sites is 5. The number of hydrogen-bond donors (Lipinski definition) is 6. The standard InChI is InChI=1S/3C17H12FN5O.2C13H10F3N5O.C13H10F3N5S/c18-12-5-4-6-13(11-12)19-17-21-20-15-9-10-16(22-23(15)17)24-14-7-2-1-3-8-14;18-13-8-4-5-9-14(13)19-17-21-20-15-10-11-16(22-23(15)17)24-12-6-2-1-3-7-12;18-12-6-8-13(9-7-12)19-17-21-20-15-10-11-16(22-23(15)17)24-14-4-2-1-3-5-14;1-22-11-6-5-10-18-19-12(21(10)20-11)17-9-4-2-3-8(7-9)13(14,15)16;1-22-11-7-6-10-18-19-12(21(10)20-11)17-9-5-3-2-4-8(9)13(14,15)16;1-22-11-7-6-10-18-19-12(21(10)20-11)17-9-4-2-8(3-5-9)13(14,15)16/h3*1-11H,(H,19,21);3*2-7H,1H3,(H,17,19). The Kier molecular flexibility index (Phi) is 28.3. The highest BCUT2D eigenvalue weighted by atomic mass is 32.2. The normalized spacial score (nSPS) is 11.2. The molecule has 0 amide bonds. The Balaban J connectivity index is 0.000000120. The molecule has 12 heterocycles. The third-order valence-corrected chi connectivity index (χ3v) is 19.3. The lowest BCUT2D eigenvalue weighted by Crippen LogP contribution is -2.10. The summed E-state index contributed by atoms with van der Waals surface area (Å²) in [6.45, 7) is 0. The minimum atomic E-state index is -4.48. The lowest BCUT2D eigenvalue weighted by Gasteiger charge is -2.13. The molecule has 0 aliphatic heterocycles. The number of rotatable bonds is 21. The van der Waals surface area contributed by atoms with Crippen molar-refractivity contribution in [3.05, 3.63) is 344 Å². The Morgan fingerprint density at radius 1 is 0.261 bits per heavy atom. The Bertz CT molecular complexity index is 7700. The first-order valence-corrected chi connectivity index (χ1v) is 41.5. The summed E-state index contributed by atoms with van der Waals surface area (Å²) in [4.78, 5) is 0. The van der Waals surface area contributed by atoms with Gasteiger partial charge in [0.1, 0.15) is 39.7 Å². The summed E-state index contributed by atoms with van der Waals surface area (Å²) in [5.74, 6) is 4.49. The maximum Gasteiger partial charge on any atom is 0.418 e. The van der Waals surface area contributed by atoms with Gasteiger partial charge in [0.25, 0.3) is 29.7 Å². The molecule has 138 heavy (non-hydrogen) atoms. The van der Waals surface area contributed by atoms with Crippen LogP contribution in [-0.2, 0) is 18.5 Å². The predicted molar refractivity (Wildman–Crippen MR) is 482 cm³/mol. The zero-order chi connectivity index (χ0) is 96.3. The van der Waals surface area contributed by atoms with Crippen molar-refractivity contribution in [2.75, 3.05) is 52.4 Å². The van der Waals surface area contributed by atoms with Crippen molar-refractivity contribution in [1.82, 2.24) is 119 Å². The van der Waals surface area contributed by atoms with Crippen LogP contribution in [0.4, 0.5) is 122 Å². The molecule has 0 radical (unpaired) electrons. The lowest BCUT2D eigenvalue weighted by molar-refractivity contribution is -0.138. The van der Waals surface area contributed by atoms with E-state index in [4.69, 9.17) is 23.7 Å². The smallest absolute Gasteiger partial charge is 0.418 e. The lowest BCUT2D eigenvalue weighted by atomic mass is 10.1. The maximum absolute atomic E-state index is 13.8. The third kappa shape index (κ3) is 23.7. The molecule has 0 atom stereocenters. The topological polar surface area (TPSA) is 377 Å². The van der Waals surface area contributed by atoms with Gasteiger partial charge in [-0.3, -0.25) is 0 Å². The summed E-state index contributed by atoms with van der Waals surface area (Å²) in [5, 5.41) is 91.0. The van der Waals surface area contributed by atoms with Crippen LogP contribution in [0, 0.1) is 17.5 Å². The van der Waals surface area contributed by atoms with Gasteiger partial charge in [-0.2, -0.15) is 71.7 Å². The Morgan fingerprint density at radius 2 is 0.594 bits per heavy atom. The van der Waals surface area contributed by atoms with E-state index >= 15 is 0 Å². The average Bonchev–Trinajstić information content (AvgIpc) is 1.53. The van der Waals surface area contributed by atoms with Crippen LogP contribution in [-0.4, -0.2) is 139 Å². The van der Waals surface area contributed by atoms with E-state index in [1.54, 1.807) is 109 Å². The molecule has 0 spiro atoms. The number of hydrogen-bond acceptors (Lipinski definition) is 30. The van der Waals surface area contributed by atoms with Crippen molar-refractivity contribution in [1.29, 1.82) is 0 Å². The fraction of sp³-hybridized carbons (Fsp3) is 0.0667. The van der Waals surface area contributed by atoms with Gasteiger partial charge in [0.15, 0.2) is 33.9 Å². The van der Waals surface area contributed by atoms with Gasteiger partial charge in [-0.1, -0.05) is 91.0 Å². The summed E-state index contributed by atoms with van der Waals surface area (Å²) in [6, 6.07) is 81.3. The minimum absolute atomic E-state index is 0.0607. The monoisotopic (exact) mass is 1910 g/mol. The zero-order valence-electron chi connectivity index (χ0n) is 71.2. The fourth-order valence-electron chi connectivity index (χ4n) is 12.2. The minimum Gasteiger partial charge on any atom is -0.480 e. The zero-order valence-corrected chi connectivity index (χ0v) is 72.0. The van der Waals surface area contributed by atoms with E-state index in [0.717, 1.165) is 35.4 Å². The van der Waals surface area contributed by atoms with Crippen LogP contribution in [0.2, 0.25) is 0 Å². The Morgan fingerprint density at radius 3 is 0.986 bits per heavy atom. The van der Waals surface area contributed by atoms with Gasteiger partial charge in [-0.25, -0.2) is 13.2 Å². The van der Waals surface area contributed by atoms with E-state index in [-0.39, 0.29) is 40.7 Å². The second-order valence-electron chi connectivity index (χ2n) is 28.1. The molecule has 6 N–H and O–H groups in total. The molecule has 0 saturated heterocycles. The first-order chi connectivity index (χ1) is 66.8. The van der Waals surface area contributed by atoms with Gasteiger partial charge in [0.05, 0.1) is 42.3 Å². The van der Waals surface area contributed by atoms with E-state index < -0.39 is 35.2 Å². The molecular weight excluding hydrogens is 1840 g/mol. The van der Waals surface area contributed by atoms with Crippen LogP contribution in [0.15, 0.2) is 314 Å². The molecule has 0 aliphatic carbocycles. The van der Waals surface area contributed by atoms with E-state index in [9.17, 15) is 52.7 Å². The molecule has 0 aliphatic rings. The van der Waals surface area contributed by atoms with E-state index in [1.807, 2.05) is 103 Å². The fourth-order valence-corrected chi connectivity index (χ4v) is 12.6. The number of benzene rings is 9. The summed E-state index contributed by atoms with van der Waals surface area (Å²) >= 11 is 1.47. The van der Waals surface area contributed by atoms with E-state index in [0.29, 0.717) is 127 Å². The number of thioether (sulfide) groups is 1. The summed E-state index contributed by atoms with van der Waals surface area (Å²) in [7, 11) is 2.89. The number of halogens is 12. The molecule has 0 bridgehead atoms. The third-order valence-electron chi connectivity index (χ3n) is 18.6. The highest BCUT2D eigenvalue weighted by Crippen LogP contribution is 2.38. The number of methoxy groups -OCH3 is 2. The second kappa shape index (κ2) is 42.0. The van der Waals surface area contributed by atoms with Crippen molar-refractivity contribution in [2.24, 2.45) is 0 Å². The molecule has 21 aromatic rings. The number of fused-ring (bicyclic) bond motifs is 6. The number of aromatic nitrogens is 24. The van der Waals surface area contributed by atoms with E-state index in [2.05, 4.69) is 124 Å².